The van der Waals surface area contributed by atoms with Gasteiger partial charge in [0.15, 0.2) is 0 Å². The first-order chi connectivity index (χ1) is 10.1. The molecule has 0 aliphatic rings. The maximum absolute atomic E-state index is 12.8. The van der Waals surface area contributed by atoms with Gasteiger partial charge in [-0.3, -0.25) is 4.79 Å². The van der Waals surface area contributed by atoms with Gasteiger partial charge in [-0.1, -0.05) is 17.3 Å². The molecule has 0 saturated heterocycles. The molecule has 0 radical (unpaired) electrons. The number of para-hydroxylation sites is 1. The molecule has 1 heterocycles. The predicted octanol–water partition coefficient (Wildman–Crippen LogP) is 2.77. The molecular weight excluding hydrogens is 271 g/mol. The van der Waals surface area contributed by atoms with E-state index in [4.69, 9.17) is 0 Å². The molecule has 1 atom stereocenters. The van der Waals surface area contributed by atoms with Crippen LogP contribution in [0.4, 0.5) is 10.1 Å². The third-order valence-corrected chi connectivity index (χ3v) is 3.24. The monoisotopic (exact) mass is 284 g/mol. The third-order valence-electron chi connectivity index (χ3n) is 3.24. The zero-order chi connectivity index (χ0) is 14.8. The van der Waals surface area contributed by atoms with Crippen LogP contribution in [0.2, 0.25) is 0 Å². The Labute approximate surface area is 120 Å². The molecule has 0 aliphatic heterocycles. The molecule has 0 saturated carbocycles. The smallest absolute Gasteiger partial charge is 0.249 e. The Morgan fingerprint density at radius 3 is 2.67 bits per heavy atom. The zero-order valence-electron chi connectivity index (χ0n) is 11.3. The summed E-state index contributed by atoms with van der Waals surface area (Å²) < 4.78 is 14.4. The third kappa shape index (κ3) is 2.60. The highest BCUT2D eigenvalue weighted by atomic mass is 19.1. The molecule has 1 amide bonds. The van der Waals surface area contributed by atoms with Crippen molar-refractivity contribution < 1.29 is 9.18 Å². The summed E-state index contributed by atoms with van der Waals surface area (Å²) in [6.07, 6.45) is 0. The second-order valence-corrected chi connectivity index (χ2v) is 4.69. The highest BCUT2D eigenvalue weighted by Gasteiger charge is 2.18. The lowest BCUT2D eigenvalue weighted by molar-refractivity contribution is -0.119. The summed E-state index contributed by atoms with van der Waals surface area (Å²) in [5, 5.41) is 10.8. The number of hydrogen-bond acceptors (Lipinski definition) is 3. The van der Waals surface area contributed by atoms with Gasteiger partial charge in [-0.25, -0.2) is 9.07 Å². The molecule has 0 bridgehead atoms. The summed E-state index contributed by atoms with van der Waals surface area (Å²) in [4.78, 5) is 12.2. The van der Waals surface area contributed by atoms with Crippen molar-refractivity contribution in [1.29, 1.82) is 0 Å². The molecule has 0 aliphatic carbocycles. The Hall–Kier alpha value is -2.76. The van der Waals surface area contributed by atoms with Crippen LogP contribution in [0.25, 0.3) is 11.0 Å². The van der Waals surface area contributed by atoms with E-state index < -0.39 is 6.04 Å². The number of rotatable bonds is 3. The van der Waals surface area contributed by atoms with Crippen molar-refractivity contribution in [1.82, 2.24) is 15.0 Å². The average molecular weight is 284 g/mol. The maximum atomic E-state index is 12.8. The molecule has 106 valence electrons. The number of nitrogens with one attached hydrogen (secondary N) is 1. The first kappa shape index (κ1) is 13.2. The number of halogens is 1. The molecule has 21 heavy (non-hydrogen) atoms. The fourth-order valence-corrected chi connectivity index (χ4v) is 2.06. The number of carbonyl (C=O) groups excluding carboxylic acids is 1. The Morgan fingerprint density at radius 2 is 1.90 bits per heavy atom. The summed E-state index contributed by atoms with van der Waals surface area (Å²) in [6, 6.07) is 12.5. The molecule has 6 heteroatoms. The van der Waals surface area contributed by atoms with Crippen LogP contribution in [-0.4, -0.2) is 20.9 Å². The van der Waals surface area contributed by atoms with Crippen LogP contribution in [0.3, 0.4) is 0 Å². The van der Waals surface area contributed by atoms with Crippen molar-refractivity contribution in [2.75, 3.05) is 5.32 Å². The Balaban J connectivity index is 1.82. The van der Waals surface area contributed by atoms with Gasteiger partial charge >= 0.3 is 0 Å². The SMILES string of the molecule is C[C@H](C(=O)Nc1ccc(F)cc1)n1nnc2ccccc21. The second-order valence-electron chi connectivity index (χ2n) is 4.69. The first-order valence-electron chi connectivity index (χ1n) is 6.51. The van der Waals surface area contributed by atoms with Crippen LogP contribution in [0.5, 0.6) is 0 Å². The summed E-state index contributed by atoms with van der Waals surface area (Å²) in [7, 11) is 0. The van der Waals surface area contributed by atoms with Gasteiger partial charge in [-0.15, -0.1) is 5.10 Å². The van der Waals surface area contributed by atoms with Crippen molar-refractivity contribution in [2.24, 2.45) is 0 Å². The summed E-state index contributed by atoms with van der Waals surface area (Å²) in [5.74, 6) is -0.583. The molecular formula is C15H13FN4O. The van der Waals surface area contributed by atoms with Crippen LogP contribution in [0.1, 0.15) is 13.0 Å². The summed E-state index contributed by atoms with van der Waals surface area (Å²) in [5.41, 5.74) is 2.07. The Morgan fingerprint density at radius 1 is 1.19 bits per heavy atom. The fraction of sp³-hybridized carbons (Fsp3) is 0.133. The van der Waals surface area contributed by atoms with Crippen molar-refractivity contribution in [3.8, 4) is 0 Å². The Kier molecular flexibility index (Phi) is 3.35. The van der Waals surface area contributed by atoms with Gasteiger partial charge in [0.05, 0.1) is 5.52 Å². The molecule has 0 spiro atoms. The van der Waals surface area contributed by atoms with Gasteiger partial charge in [0.2, 0.25) is 5.91 Å². The number of hydrogen-bond donors (Lipinski definition) is 1. The van der Waals surface area contributed by atoms with Crippen molar-refractivity contribution in [3.05, 3.63) is 54.3 Å². The van der Waals surface area contributed by atoms with Gasteiger partial charge < -0.3 is 5.32 Å². The number of amides is 1. The molecule has 5 nitrogen and oxygen atoms in total. The number of anilines is 1. The largest absolute Gasteiger partial charge is 0.324 e. The highest BCUT2D eigenvalue weighted by molar-refractivity contribution is 5.94. The van der Waals surface area contributed by atoms with E-state index in [2.05, 4.69) is 15.6 Å². The van der Waals surface area contributed by atoms with E-state index in [1.54, 1.807) is 11.6 Å². The average Bonchev–Trinajstić information content (AvgIpc) is 2.92. The first-order valence-corrected chi connectivity index (χ1v) is 6.51. The highest BCUT2D eigenvalue weighted by Crippen LogP contribution is 2.17. The van der Waals surface area contributed by atoms with Gasteiger partial charge in [-0.05, 0) is 43.3 Å². The number of benzene rings is 2. The van der Waals surface area contributed by atoms with E-state index in [-0.39, 0.29) is 11.7 Å². The summed E-state index contributed by atoms with van der Waals surface area (Å²) >= 11 is 0. The number of fused-ring (bicyclic) bond motifs is 1. The molecule has 1 N–H and O–H groups in total. The number of nitrogens with zero attached hydrogens (tertiary/aromatic N) is 3. The topological polar surface area (TPSA) is 59.8 Å². The lowest BCUT2D eigenvalue weighted by Gasteiger charge is -2.13. The molecule has 3 rings (SSSR count). The zero-order valence-corrected chi connectivity index (χ0v) is 11.3. The van der Waals surface area contributed by atoms with Gasteiger partial charge in [0, 0.05) is 5.69 Å². The molecule has 3 aromatic rings. The molecule has 2 aromatic carbocycles. The van der Waals surface area contributed by atoms with Crippen LogP contribution in [0, 0.1) is 5.82 Å². The van der Waals surface area contributed by atoms with Crippen LogP contribution >= 0.6 is 0 Å². The van der Waals surface area contributed by atoms with Crippen molar-refractivity contribution in [3.63, 3.8) is 0 Å². The van der Waals surface area contributed by atoms with E-state index >= 15 is 0 Å². The fourth-order valence-electron chi connectivity index (χ4n) is 2.06. The lowest BCUT2D eigenvalue weighted by Crippen LogP contribution is -2.24. The van der Waals surface area contributed by atoms with Gasteiger partial charge in [0.25, 0.3) is 0 Å². The minimum Gasteiger partial charge on any atom is -0.324 e. The van der Waals surface area contributed by atoms with Crippen molar-refractivity contribution >= 4 is 22.6 Å². The predicted molar refractivity (Wildman–Crippen MR) is 77.3 cm³/mol. The van der Waals surface area contributed by atoms with E-state index in [0.29, 0.717) is 5.69 Å². The van der Waals surface area contributed by atoms with E-state index in [9.17, 15) is 9.18 Å². The Bertz CT molecular complexity index is 782. The van der Waals surface area contributed by atoms with E-state index in [0.717, 1.165) is 11.0 Å². The standard InChI is InChI=1S/C15H13FN4O/c1-10(15(21)17-12-8-6-11(16)7-9-12)20-14-5-3-2-4-13(14)18-19-20/h2-10H,1H3,(H,17,21)/t10-/m1/s1. The van der Waals surface area contributed by atoms with E-state index in [1.807, 2.05) is 24.3 Å². The summed E-state index contributed by atoms with van der Waals surface area (Å²) in [6.45, 7) is 1.74. The minimum atomic E-state index is -0.526. The second kappa shape index (κ2) is 5.32. The van der Waals surface area contributed by atoms with Crippen LogP contribution in [-0.2, 0) is 4.79 Å². The lowest BCUT2D eigenvalue weighted by atomic mass is 10.2. The van der Waals surface area contributed by atoms with E-state index in [1.165, 1.54) is 24.3 Å². The number of aromatic nitrogens is 3. The minimum absolute atomic E-state index is 0.239. The maximum Gasteiger partial charge on any atom is 0.249 e. The molecule has 0 unspecified atom stereocenters. The van der Waals surface area contributed by atoms with Crippen LogP contribution < -0.4 is 5.32 Å². The van der Waals surface area contributed by atoms with Crippen LogP contribution in [0.15, 0.2) is 48.5 Å². The normalized spacial score (nSPS) is 12.3. The van der Waals surface area contributed by atoms with Gasteiger partial charge in [-0.2, -0.15) is 0 Å². The molecule has 0 fully saturated rings. The number of carbonyl (C=O) groups is 1. The van der Waals surface area contributed by atoms with Crippen molar-refractivity contribution in [2.45, 2.75) is 13.0 Å². The molecule has 1 aromatic heterocycles. The quantitative estimate of drug-likeness (QED) is 0.804. The van der Waals surface area contributed by atoms with Gasteiger partial charge in [0.1, 0.15) is 17.4 Å².